The number of hydrogen-bond donors (Lipinski definition) is 2. The van der Waals surface area contributed by atoms with E-state index in [0.29, 0.717) is 22.2 Å². The summed E-state index contributed by atoms with van der Waals surface area (Å²) in [7, 11) is 0.658. The van der Waals surface area contributed by atoms with Gasteiger partial charge < -0.3 is 15.4 Å². The SMILES string of the molecule is CC[S@@](=O)[C@@H]1CCCC[C@@H]1NC(=O)Nc1ccc(OC)cc1Cl. The number of methoxy groups -OCH3 is 1. The molecule has 0 heterocycles. The van der Waals surface area contributed by atoms with Crippen LogP contribution in [0.5, 0.6) is 5.75 Å². The molecule has 0 saturated heterocycles. The van der Waals surface area contributed by atoms with Gasteiger partial charge in [-0.3, -0.25) is 4.21 Å². The zero-order chi connectivity index (χ0) is 16.8. The van der Waals surface area contributed by atoms with E-state index in [9.17, 15) is 9.00 Å². The first-order valence-electron chi connectivity index (χ1n) is 7.83. The van der Waals surface area contributed by atoms with Gasteiger partial charge in [-0.2, -0.15) is 0 Å². The molecule has 0 unspecified atom stereocenters. The Morgan fingerprint density at radius 1 is 1.39 bits per heavy atom. The standard InChI is InChI=1S/C16H23ClN2O3S/c1-3-23(21)15-7-5-4-6-14(15)19-16(20)18-13-9-8-11(22-2)10-12(13)17/h8-10,14-15H,3-7H2,1-2H3,(H2,18,19,20)/t14-,15+,23+/m0/s1. The van der Waals surface area contributed by atoms with E-state index in [1.165, 1.54) is 0 Å². The minimum atomic E-state index is -0.900. The van der Waals surface area contributed by atoms with Crippen LogP contribution in [-0.4, -0.2) is 34.4 Å². The van der Waals surface area contributed by atoms with Crippen molar-refractivity contribution in [2.24, 2.45) is 0 Å². The molecule has 2 amide bonds. The van der Waals surface area contributed by atoms with Gasteiger partial charge in [-0.05, 0) is 25.0 Å². The second-order valence-electron chi connectivity index (χ2n) is 5.54. The number of halogens is 1. The van der Waals surface area contributed by atoms with Crippen molar-refractivity contribution in [1.29, 1.82) is 0 Å². The van der Waals surface area contributed by atoms with E-state index < -0.39 is 10.8 Å². The molecule has 128 valence electrons. The van der Waals surface area contributed by atoms with E-state index in [1.54, 1.807) is 25.3 Å². The highest BCUT2D eigenvalue weighted by atomic mass is 35.5. The molecule has 1 aromatic rings. The van der Waals surface area contributed by atoms with E-state index in [2.05, 4.69) is 10.6 Å². The molecule has 23 heavy (non-hydrogen) atoms. The van der Waals surface area contributed by atoms with Crippen LogP contribution in [-0.2, 0) is 10.8 Å². The molecule has 3 atom stereocenters. The van der Waals surface area contributed by atoms with E-state index in [4.69, 9.17) is 16.3 Å². The highest BCUT2D eigenvalue weighted by Gasteiger charge is 2.30. The van der Waals surface area contributed by atoms with Crippen molar-refractivity contribution in [2.75, 3.05) is 18.2 Å². The third-order valence-corrected chi connectivity index (χ3v) is 6.19. The highest BCUT2D eigenvalue weighted by molar-refractivity contribution is 7.85. The maximum Gasteiger partial charge on any atom is 0.319 e. The van der Waals surface area contributed by atoms with Gasteiger partial charge in [-0.25, -0.2) is 4.79 Å². The summed E-state index contributed by atoms with van der Waals surface area (Å²) in [6, 6.07) is 4.70. The average molecular weight is 359 g/mol. The number of carbonyl (C=O) groups is 1. The van der Waals surface area contributed by atoms with Crippen LogP contribution in [0.25, 0.3) is 0 Å². The van der Waals surface area contributed by atoms with Gasteiger partial charge in [0.15, 0.2) is 0 Å². The monoisotopic (exact) mass is 358 g/mol. The summed E-state index contributed by atoms with van der Waals surface area (Å²) in [5.41, 5.74) is 0.522. The molecule has 0 spiro atoms. The van der Waals surface area contributed by atoms with Crippen LogP contribution in [0.1, 0.15) is 32.6 Å². The van der Waals surface area contributed by atoms with Crippen molar-refractivity contribution in [1.82, 2.24) is 5.32 Å². The number of rotatable bonds is 5. The summed E-state index contributed by atoms with van der Waals surface area (Å²) in [6.07, 6.45) is 3.88. The summed E-state index contributed by atoms with van der Waals surface area (Å²) in [5, 5.41) is 6.15. The van der Waals surface area contributed by atoms with E-state index in [1.807, 2.05) is 6.92 Å². The Hall–Kier alpha value is -1.27. The van der Waals surface area contributed by atoms with Gasteiger partial charge in [0.1, 0.15) is 5.75 Å². The fourth-order valence-corrected chi connectivity index (χ4v) is 4.49. The molecule has 0 radical (unpaired) electrons. The Bertz CT molecular complexity index is 582. The van der Waals surface area contributed by atoms with Crippen molar-refractivity contribution in [3.8, 4) is 5.75 Å². The number of anilines is 1. The number of carbonyl (C=O) groups excluding carboxylic acids is 1. The first-order valence-corrected chi connectivity index (χ1v) is 9.59. The molecule has 1 aliphatic carbocycles. The maximum atomic E-state index is 12.2. The highest BCUT2D eigenvalue weighted by Crippen LogP contribution is 2.27. The molecule has 1 saturated carbocycles. The third-order valence-electron chi connectivity index (χ3n) is 4.07. The van der Waals surface area contributed by atoms with Crippen LogP contribution in [0.4, 0.5) is 10.5 Å². The normalized spacial score (nSPS) is 22.2. The third kappa shape index (κ3) is 4.85. The van der Waals surface area contributed by atoms with Crippen LogP contribution < -0.4 is 15.4 Å². The number of benzene rings is 1. The molecule has 2 N–H and O–H groups in total. The van der Waals surface area contributed by atoms with Gasteiger partial charge in [0.25, 0.3) is 0 Å². The van der Waals surface area contributed by atoms with Gasteiger partial charge in [-0.1, -0.05) is 31.4 Å². The predicted octanol–water partition coefficient (Wildman–Crippen LogP) is 3.55. The largest absolute Gasteiger partial charge is 0.497 e. The summed E-state index contributed by atoms with van der Waals surface area (Å²) in [4.78, 5) is 12.2. The van der Waals surface area contributed by atoms with Crippen molar-refractivity contribution in [2.45, 2.75) is 43.9 Å². The zero-order valence-corrected chi connectivity index (χ0v) is 15.0. The van der Waals surface area contributed by atoms with E-state index in [0.717, 1.165) is 25.7 Å². The van der Waals surface area contributed by atoms with Gasteiger partial charge in [-0.15, -0.1) is 0 Å². The maximum absolute atomic E-state index is 12.2. The number of amides is 2. The molecule has 0 bridgehead atoms. The Morgan fingerprint density at radius 2 is 2.13 bits per heavy atom. The lowest BCUT2D eigenvalue weighted by Gasteiger charge is -2.31. The van der Waals surface area contributed by atoms with E-state index in [-0.39, 0.29) is 17.3 Å². The van der Waals surface area contributed by atoms with Crippen molar-refractivity contribution in [3.05, 3.63) is 23.2 Å². The van der Waals surface area contributed by atoms with Crippen LogP contribution in [0, 0.1) is 0 Å². The Kier molecular flexibility index (Phi) is 6.72. The Balaban J connectivity index is 1.99. The smallest absolute Gasteiger partial charge is 0.319 e. The first-order chi connectivity index (χ1) is 11.0. The summed E-state index contributed by atoms with van der Waals surface area (Å²) < 4.78 is 17.2. The summed E-state index contributed by atoms with van der Waals surface area (Å²) >= 11 is 6.13. The predicted molar refractivity (Wildman–Crippen MR) is 94.9 cm³/mol. The zero-order valence-electron chi connectivity index (χ0n) is 13.4. The molecule has 1 fully saturated rings. The second-order valence-corrected chi connectivity index (χ2v) is 7.89. The van der Waals surface area contributed by atoms with Gasteiger partial charge in [0, 0.05) is 28.7 Å². The lowest BCUT2D eigenvalue weighted by Crippen LogP contribution is -2.48. The Labute approximate surface area is 144 Å². The lowest BCUT2D eigenvalue weighted by atomic mass is 9.95. The van der Waals surface area contributed by atoms with E-state index >= 15 is 0 Å². The summed E-state index contributed by atoms with van der Waals surface area (Å²) in [6.45, 7) is 1.92. The lowest BCUT2D eigenvalue weighted by molar-refractivity contribution is 0.244. The molecule has 1 aromatic carbocycles. The van der Waals surface area contributed by atoms with Crippen molar-refractivity contribution >= 4 is 34.1 Å². The minimum Gasteiger partial charge on any atom is -0.497 e. The number of ether oxygens (including phenoxy) is 1. The number of nitrogens with one attached hydrogen (secondary N) is 2. The number of hydrogen-bond acceptors (Lipinski definition) is 3. The van der Waals surface area contributed by atoms with Crippen molar-refractivity contribution < 1.29 is 13.7 Å². The van der Waals surface area contributed by atoms with Gasteiger partial charge in [0.05, 0.1) is 23.1 Å². The molecule has 2 rings (SSSR count). The average Bonchev–Trinajstić information content (AvgIpc) is 2.56. The topological polar surface area (TPSA) is 67.4 Å². The summed E-state index contributed by atoms with van der Waals surface area (Å²) in [5.74, 6) is 1.25. The quantitative estimate of drug-likeness (QED) is 0.845. The first kappa shape index (κ1) is 18.1. The van der Waals surface area contributed by atoms with Gasteiger partial charge in [0.2, 0.25) is 0 Å². The molecule has 0 aromatic heterocycles. The molecule has 0 aliphatic heterocycles. The second kappa shape index (κ2) is 8.55. The minimum absolute atomic E-state index is 0.0332. The fraction of sp³-hybridized carbons (Fsp3) is 0.562. The molecule has 1 aliphatic rings. The molecule has 5 nitrogen and oxygen atoms in total. The van der Waals surface area contributed by atoms with Crippen molar-refractivity contribution in [3.63, 3.8) is 0 Å². The van der Waals surface area contributed by atoms with Crippen LogP contribution in [0.15, 0.2) is 18.2 Å². The van der Waals surface area contributed by atoms with Crippen LogP contribution in [0.3, 0.4) is 0 Å². The fourth-order valence-electron chi connectivity index (χ4n) is 2.84. The molecule has 7 heteroatoms. The van der Waals surface area contributed by atoms with Crippen LogP contribution in [0.2, 0.25) is 5.02 Å². The van der Waals surface area contributed by atoms with Gasteiger partial charge >= 0.3 is 6.03 Å². The Morgan fingerprint density at radius 3 is 2.78 bits per heavy atom. The number of urea groups is 1. The van der Waals surface area contributed by atoms with Crippen LogP contribution >= 0.6 is 11.6 Å². The molecular weight excluding hydrogens is 336 g/mol. The molecular formula is C16H23ClN2O3S.